The molecule has 3 nitrogen and oxygen atoms in total. The number of benzene rings is 1. The van der Waals surface area contributed by atoms with E-state index in [2.05, 4.69) is 20.9 Å². The smallest absolute Gasteiger partial charge is 0.143 e. The average molecular weight is 308 g/mol. The molecular weight excluding hydrogens is 294 g/mol. The van der Waals surface area contributed by atoms with Crippen LogP contribution in [0, 0.1) is 6.92 Å². The van der Waals surface area contributed by atoms with Gasteiger partial charge in [-0.2, -0.15) is 0 Å². The standard InChI is InChI=1S/C14H14BrNO2/c1-9-5-6-11(15)10(8-9)14(17)13-12(18-2)4-3-7-16-13/h3-8,14,17H,1-2H3. The van der Waals surface area contributed by atoms with Crippen LogP contribution in [0.2, 0.25) is 0 Å². The van der Waals surface area contributed by atoms with Gasteiger partial charge in [0.1, 0.15) is 17.5 Å². The van der Waals surface area contributed by atoms with Gasteiger partial charge in [-0.3, -0.25) is 4.98 Å². The Morgan fingerprint density at radius 2 is 2.11 bits per heavy atom. The van der Waals surface area contributed by atoms with Crippen molar-refractivity contribution in [1.29, 1.82) is 0 Å². The van der Waals surface area contributed by atoms with Gasteiger partial charge in [0.15, 0.2) is 0 Å². The van der Waals surface area contributed by atoms with Gasteiger partial charge in [-0.15, -0.1) is 0 Å². The second-order valence-corrected chi connectivity index (χ2v) is 4.87. The predicted octanol–water partition coefficient (Wildman–Crippen LogP) is 3.24. The molecule has 2 rings (SSSR count). The van der Waals surface area contributed by atoms with Gasteiger partial charge in [0.25, 0.3) is 0 Å². The van der Waals surface area contributed by atoms with Crippen molar-refractivity contribution < 1.29 is 9.84 Å². The lowest BCUT2D eigenvalue weighted by molar-refractivity contribution is 0.208. The van der Waals surface area contributed by atoms with E-state index in [0.29, 0.717) is 11.4 Å². The van der Waals surface area contributed by atoms with E-state index < -0.39 is 6.10 Å². The summed E-state index contributed by atoms with van der Waals surface area (Å²) in [5.41, 5.74) is 2.39. The summed E-state index contributed by atoms with van der Waals surface area (Å²) in [6.45, 7) is 1.98. The Labute approximate surface area is 115 Å². The first-order valence-electron chi connectivity index (χ1n) is 5.56. The summed E-state index contributed by atoms with van der Waals surface area (Å²) in [7, 11) is 1.57. The Balaban J connectivity index is 2.47. The summed E-state index contributed by atoms with van der Waals surface area (Å²) in [5, 5.41) is 10.4. The zero-order valence-corrected chi connectivity index (χ0v) is 11.8. The molecular formula is C14H14BrNO2. The number of aryl methyl sites for hydroxylation is 1. The third-order valence-corrected chi connectivity index (χ3v) is 3.45. The molecule has 4 heteroatoms. The van der Waals surface area contributed by atoms with Crippen LogP contribution in [0.5, 0.6) is 5.75 Å². The Bertz CT molecular complexity index is 557. The molecule has 0 aliphatic carbocycles. The second kappa shape index (κ2) is 5.50. The minimum Gasteiger partial charge on any atom is -0.495 e. The van der Waals surface area contributed by atoms with Crippen molar-refractivity contribution in [3.63, 3.8) is 0 Å². The van der Waals surface area contributed by atoms with E-state index in [0.717, 1.165) is 15.6 Å². The summed E-state index contributed by atoms with van der Waals surface area (Å²) >= 11 is 3.45. The van der Waals surface area contributed by atoms with Gasteiger partial charge < -0.3 is 9.84 Å². The fourth-order valence-electron chi connectivity index (χ4n) is 1.80. The summed E-state index contributed by atoms with van der Waals surface area (Å²) in [6.07, 6.45) is 0.834. The van der Waals surface area contributed by atoms with E-state index in [1.54, 1.807) is 25.4 Å². The van der Waals surface area contributed by atoms with Crippen LogP contribution in [0.3, 0.4) is 0 Å². The molecule has 0 fully saturated rings. The van der Waals surface area contributed by atoms with Crippen LogP contribution >= 0.6 is 15.9 Å². The number of rotatable bonds is 3. The van der Waals surface area contributed by atoms with Gasteiger partial charge in [0.2, 0.25) is 0 Å². The molecule has 1 aromatic carbocycles. The topological polar surface area (TPSA) is 42.4 Å². The number of aromatic nitrogens is 1. The zero-order chi connectivity index (χ0) is 13.1. The summed E-state index contributed by atoms with van der Waals surface area (Å²) in [5.74, 6) is 0.582. The molecule has 18 heavy (non-hydrogen) atoms. The fourth-order valence-corrected chi connectivity index (χ4v) is 2.26. The van der Waals surface area contributed by atoms with Crippen LogP contribution < -0.4 is 4.74 Å². The third kappa shape index (κ3) is 2.54. The Hall–Kier alpha value is -1.39. The minimum absolute atomic E-state index is 0.520. The third-order valence-electron chi connectivity index (χ3n) is 2.72. The van der Waals surface area contributed by atoms with Gasteiger partial charge in [-0.1, -0.05) is 33.6 Å². The normalized spacial score (nSPS) is 12.2. The molecule has 1 atom stereocenters. The number of methoxy groups -OCH3 is 1. The summed E-state index contributed by atoms with van der Waals surface area (Å²) in [6, 6.07) is 9.40. The second-order valence-electron chi connectivity index (χ2n) is 4.02. The zero-order valence-electron chi connectivity index (χ0n) is 10.2. The maximum atomic E-state index is 10.4. The van der Waals surface area contributed by atoms with Crippen LogP contribution in [-0.2, 0) is 0 Å². The van der Waals surface area contributed by atoms with Gasteiger partial charge in [0.05, 0.1) is 7.11 Å². The SMILES string of the molecule is COc1cccnc1C(O)c1cc(C)ccc1Br. The molecule has 1 N–H and O–H groups in total. The van der Waals surface area contributed by atoms with Gasteiger partial charge >= 0.3 is 0 Å². The van der Waals surface area contributed by atoms with E-state index in [-0.39, 0.29) is 0 Å². The van der Waals surface area contributed by atoms with Crippen LogP contribution in [-0.4, -0.2) is 17.2 Å². The molecule has 0 saturated carbocycles. The number of ether oxygens (including phenoxy) is 1. The quantitative estimate of drug-likeness (QED) is 0.946. The molecule has 0 aliphatic rings. The summed E-state index contributed by atoms with van der Waals surface area (Å²) < 4.78 is 6.08. The number of hydrogen-bond acceptors (Lipinski definition) is 3. The lowest BCUT2D eigenvalue weighted by Gasteiger charge is -2.15. The molecule has 1 aromatic heterocycles. The van der Waals surface area contributed by atoms with Crippen molar-refractivity contribution in [3.8, 4) is 5.75 Å². The highest BCUT2D eigenvalue weighted by molar-refractivity contribution is 9.10. The highest BCUT2D eigenvalue weighted by Gasteiger charge is 2.19. The molecule has 94 valence electrons. The molecule has 0 saturated heterocycles. The first-order chi connectivity index (χ1) is 8.63. The fraction of sp³-hybridized carbons (Fsp3) is 0.214. The Morgan fingerprint density at radius 1 is 1.33 bits per heavy atom. The van der Waals surface area contributed by atoms with Gasteiger partial charge in [0, 0.05) is 16.2 Å². The highest BCUT2D eigenvalue weighted by Crippen LogP contribution is 2.32. The van der Waals surface area contributed by atoms with E-state index in [1.165, 1.54) is 0 Å². The molecule has 0 radical (unpaired) electrons. The highest BCUT2D eigenvalue weighted by atomic mass is 79.9. The number of aliphatic hydroxyl groups excluding tert-OH is 1. The molecule has 1 heterocycles. The van der Waals surface area contributed by atoms with E-state index >= 15 is 0 Å². The monoisotopic (exact) mass is 307 g/mol. The van der Waals surface area contributed by atoms with Crippen molar-refractivity contribution in [2.75, 3.05) is 7.11 Å². The van der Waals surface area contributed by atoms with E-state index in [1.807, 2.05) is 25.1 Å². The predicted molar refractivity (Wildman–Crippen MR) is 73.7 cm³/mol. The van der Waals surface area contributed by atoms with E-state index in [4.69, 9.17) is 4.74 Å². The number of nitrogens with zero attached hydrogens (tertiary/aromatic N) is 1. The maximum absolute atomic E-state index is 10.4. The van der Waals surface area contributed by atoms with Crippen molar-refractivity contribution in [2.45, 2.75) is 13.0 Å². The average Bonchev–Trinajstić information content (AvgIpc) is 2.40. The number of halogens is 1. The number of pyridine rings is 1. The first kappa shape index (κ1) is 13.1. The molecule has 0 aliphatic heterocycles. The van der Waals surface area contributed by atoms with Gasteiger partial charge in [-0.05, 0) is 25.1 Å². The largest absolute Gasteiger partial charge is 0.495 e. The first-order valence-corrected chi connectivity index (χ1v) is 6.36. The number of aliphatic hydroxyl groups is 1. The van der Waals surface area contributed by atoms with Crippen LogP contribution in [0.1, 0.15) is 22.9 Å². The lowest BCUT2D eigenvalue weighted by atomic mass is 10.0. The Morgan fingerprint density at radius 3 is 2.83 bits per heavy atom. The van der Waals surface area contributed by atoms with Crippen LogP contribution in [0.25, 0.3) is 0 Å². The lowest BCUT2D eigenvalue weighted by Crippen LogP contribution is -2.05. The molecule has 0 amide bonds. The number of hydrogen-bond donors (Lipinski definition) is 1. The maximum Gasteiger partial charge on any atom is 0.143 e. The summed E-state index contributed by atoms with van der Waals surface area (Å²) in [4.78, 5) is 4.20. The van der Waals surface area contributed by atoms with Crippen LogP contribution in [0.15, 0.2) is 41.0 Å². The van der Waals surface area contributed by atoms with Crippen molar-refractivity contribution in [2.24, 2.45) is 0 Å². The Kier molecular flexibility index (Phi) is 3.99. The molecule has 0 spiro atoms. The van der Waals surface area contributed by atoms with Crippen molar-refractivity contribution in [3.05, 3.63) is 57.8 Å². The minimum atomic E-state index is -0.810. The molecule has 0 bridgehead atoms. The van der Waals surface area contributed by atoms with Crippen LogP contribution in [0.4, 0.5) is 0 Å². The van der Waals surface area contributed by atoms with E-state index in [9.17, 15) is 5.11 Å². The molecule has 1 unspecified atom stereocenters. The van der Waals surface area contributed by atoms with Crippen molar-refractivity contribution in [1.82, 2.24) is 4.98 Å². The molecule has 2 aromatic rings. The van der Waals surface area contributed by atoms with Crippen molar-refractivity contribution >= 4 is 15.9 Å². The van der Waals surface area contributed by atoms with Gasteiger partial charge in [-0.25, -0.2) is 0 Å².